The van der Waals surface area contributed by atoms with Gasteiger partial charge in [-0.2, -0.15) is 0 Å². The van der Waals surface area contributed by atoms with Crippen LogP contribution in [-0.4, -0.2) is 23.4 Å². The van der Waals surface area contributed by atoms with Crippen LogP contribution in [-0.2, 0) is 9.59 Å². The maximum Gasteiger partial charge on any atom is 0.253 e. The molecule has 1 fully saturated rings. The van der Waals surface area contributed by atoms with Crippen LogP contribution in [0.4, 0.5) is 5.69 Å². The minimum Gasteiger partial charge on any atom is -0.340 e. The smallest absolute Gasteiger partial charge is 0.253 e. The van der Waals surface area contributed by atoms with Gasteiger partial charge in [0.15, 0.2) is 0 Å². The normalized spacial score (nSPS) is 21.6. The van der Waals surface area contributed by atoms with Crippen molar-refractivity contribution in [3.63, 3.8) is 0 Å². The predicted octanol–water partition coefficient (Wildman–Crippen LogP) is 2.73. The summed E-state index contributed by atoms with van der Waals surface area (Å²) in [6.45, 7) is 7.83. The van der Waals surface area contributed by atoms with Crippen LogP contribution >= 0.6 is 0 Å². The number of anilines is 1. The molecule has 4 heteroatoms. The molecule has 4 nitrogen and oxygen atoms in total. The van der Waals surface area contributed by atoms with Crippen molar-refractivity contribution in [1.29, 1.82) is 0 Å². The standard InChI is InChI=1S/C17H24N2O2/c1-5-17(6-2)16(21)19(13-10-8-7-9-11-13)14(12(3)4)15(20)18-17/h7-12,14H,5-6H2,1-4H3,(H,18,20). The van der Waals surface area contributed by atoms with Crippen LogP contribution in [0.5, 0.6) is 0 Å². The maximum atomic E-state index is 13.1. The molecule has 1 heterocycles. The summed E-state index contributed by atoms with van der Waals surface area (Å²) in [5.74, 6) is -0.00461. The molecule has 0 saturated carbocycles. The first-order valence-electron chi connectivity index (χ1n) is 7.67. The van der Waals surface area contributed by atoms with E-state index < -0.39 is 11.6 Å². The summed E-state index contributed by atoms with van der Waals surface area (Å²) in [5.41, 5.74) is 0.0144. The number of hydrogen-bond donors (Lipinski definition) is 1. The Morgan fingerprint density at radius 3 is 2.19 bits per heavy atom. The maximum absolute atomic E-state index is 13.1. The fourth-order valence-corrected chi connectivity index (χ4v) is 3.03. The van der Waals surface area contributed by atoms with E-state index in [9.17, 15) is 9.59 Å². The number of hydrogen-bond acceptors (Lipinski definition) is 2. The molecule has 0 bridgehead atoms. The van der Waals surface area contributed by atoms with Crippen LogP contribution in [0.25, 0.3) is 0 Å². The van der Waals surface area contributed by atoms with Gasteiger partial charge in [-0.05, 0) is 30.9 Å². The summed E-state index contributed by atoms with van der Waals surface area (Å²) in [4.78, 5) is 27.4. The molecule has 0 spiro atoms. The predicted molar refractivity (Wildman–Crippen MR) is 84.0 cm³/mol. The zero-order chi connectivity index (χ0) is 15.6. The molecule has 0 aliphatic carbocycles. The zero-order valence-electron chi connectivity index (χ0n) is 13.2. The lowest BCUT2D eigenvalue weighted by atomic mass is 9.84. The highest BCUT2D eigenvalue weighted by Gasteiger charge is 2.50. The van der Waals surface area contributed by atoms with Crippen molar-refractivity contribution in [2.45, 2.75) is 52.1 Å². The number of nitrogens with zero attached hydrogens (tertiary/aromatic N) is 1. The Bertz CT molecular complexity index is 521. The highest BCUT2D eigenvalue weighted by molar-refractivity contribution is 6.10. The molecule has 1 unspecified atom stereocenters. The fourth-order valence-electron chi connectivity index (χ4n) is 3.03. The number of rotatable bonds is 4. The molecule has 1 aromatic rings. The number of para-hydroxylation sites is 1. The molecule has 2 rings (SSSR count). The van der Waals surface area contributed by atoms with Crippen LogP contribution in [0, 0.1) is 5.92 Å². The molecular formula is C17H24N2O2. The van der Waals surface area contributed by atoms with Gasteiger partial charge in [-0.1, -0.05) is 45.9 Å². The largest absolute Gasteiger partial charge is 0.340 e. The molecule has 1 atom stereocenters. The van der Waals surface area contributed by atoms with Crippen LogP contribution in [0.3, 0.4) is 0 Å². The van der Waals surface area contributed by atoms with Crippen LogP contribution in [0.1, 0.15) is 40.5 Å². The van der Waals surface area contributed by atoms with Gasteiger partial charge in [0.2, 0.25) is 5.91 Å². The van der Waals surface area contributed by atoms with Gasteiger partial charge in [0.05, 0.1) is 0 Å². The summed E-state index contributed by atoms with van der Waals surface area (Å²) in [6, 6.07) is 9.03. The first kappa shape index (κ1) is 15.5. The molecule has 1 saturated heterocycles. The molecule has 1 aliphatic heterocycles. The minimum atomic E-state index is -0.779. The lowest BCUT2D eigenvalue weighted by molar-refractivity contribution is -0.139. The Morgan fingerprint density at radius 2 is 1.71 bits per heavy atom. The van der Waals surface area contributed by atoms with Crippen molar-refractivity contribution < 1.29 is 9.59 Å². The average Bonchev–Trinajstić information content (AvgIpc) is 2.49. The first-order valence-corrected chi connectivity index (χ1v) is 7.67. The van der Waals surface area contributed by atoms with Gasteiger partial charge in [-0.25, -0.2) is 0 Å². The Kier molecular flexibility index (Phi) is 4.35. The molecule has 2 amide bonds. The number of carbonyl (C=O) groups is 2. The SMILES string of the molecule is CCC1(CC)NC(=O)C(C(C)C)N(c2ccccc2)C1=O. The first-order chi connectivity index (χ1) is 9.96. The van der Waals surface area contributed by atoms with Crippen LogP contribution in [0.2, 0.25) is 0 Å². The van der Waals surface area contributed by atoms with E-state index >= 15 is 0 Å². The summed E-state index contributed by atoms with van der Waals surface area (Å²) < 4.78 is 0. The topological polar surface area (TPSA) is 49.4 Å². The van der Waals surface area contributed by atoms with E-state index in [0.29, 0.717) is 12.8 Å². The third-order valence-electron chi connectivity index (χ3n) is 4.41. The van der Waals surface area contributed by atoms with Gasteiger partial charge in [-0.15, -0.1) is 0 Å². The van der Waals surface area contributed by atoms with Crippen LogP contribution in [0.15, 0.2) is 30.3 Å². The van der Waals surface area contributed by atoms with E-state index in [1.165, 1.54) is 0 Å². The highest BCUT2D eigenvalue weighted by Crippen LogP contribution is 2.31. The number of carbonyl (C=O) groups excluding carboxylic acids is 2. The number of nitrogens with one attached hydrogen (secondary N) is 1. The van der Waals surface area contributed by atoms with E-state index in [1.54, 1.807) is 4.90 Å². The lowest BCUT2D eigenvalue weighted by Crippen LogP contribution is -2.71. The molecular weight excluding hydrogens is 264 g/mol. The summed E-state index contributed by atoms with van der Waals surface area (Å²) in [5, 5.41) is 2.98. The fraction of sp³-hybridized carbons (Fsp3) is 0.529. The average molecular weight is 288 g/mol. The summed E-state index contributed by atoms with van der Waals surface area (Å²) >= 11 is 0. The van der Waals surface area contributed by atoms with Crippen molar-refractivity contribution in [2.24, 2.45) is 5.92 Å². The van der Waals surface area contributed by atoms with Crippen molar-refractivity contribution in [3.8, 4) is 0 Å². The Hall–Kier alpha value is -1.84. The third kappa shape index (κ3) is 2.55. The van der Waals surface area contributed by atoms with Crippen molar-refractivity contribution in [1.82, 2.24) is 5.32 Å². The molecule has 1 N–H and O–H groups in total. The second kappa shape index (κ2) is 5.88. The number of piperazine rings is 1. The van der Waals surface area contributed by atoms with E-state index in [1.807, 2.05) is 58.0 Å². The molecule has 1 aliphatic rings. The monoisotopic (exact) mass is 288 g/mol. The van der Waals surface area contributed by atoms with E-state index in [2.05, 4.69) is 5.32 Å². The number of benzene rings is 1. The van der Waals surface area contributed by atoms with E-state index in [4.69, 9.17) is 0 Å². The molecule has 0 aromatic heterocycles. The number of amides is 2. The summed E-state index contributed by atoms with van der Waals surface area (Å²) in [6.07, 6.45) is 1.20. The van der Waals surface area contributed by atoms with Gasteiger partial charge in [0, 0.05) is 5.69 Å². The molecule has 1 aromatic carbocycles. The van der Waals surface area contributed by atoms with Gasteiger partial charge in [0.25, 0.3) is 5.91 Å². The third-order valence-corrected chi connectivity index (χ3v) is 4.41. The van der Waals surface area contributed by atoms with E-state index in [0.717, 1.165) is 5.69 Å². The van der Waals surface area contributed by atoms with Crippen LogP contribution < -0.4 is 10.2 Å². The van der Waals surface area contributed by atoms with Gasteiger partial charge >= 0.3 is 0 Å². The lowest BCUT2D eigenvalue weighted by Gasteiger charge is -2.46. The van der Waals surface area contributed by atoms with Crippen molar-refractivity contribution in [2.75, 3.05) is 4.90 Å². The summed E-state index contributed by atoms with van der Waals surface area (Å²) in [7, 11) is 0. The Balaban J connectivity index is 2.53. The highest BCUT2D eigenvalue weighted by atomic mass is 16.2. The van der Waals surface area contributed by atoms with Gasteiger partial charge < -0.3 is 5.32 Å². The molecule has 21 heavy (non-hydrogen) atoms. The second-order valence-electron chi connectivity index (χ2n) is 5.98. The second-order valence-corrected chi connectivity index (χ2v) is 5.98. The van der Waals surface area contributed by atoms with Gasteiger partial charge in [0.1, 0.15) is 11.6 Å². The quantitative estimate of drug-likeness (QED) is 0.926. The van der Waals surface area contributed by atoms with Crippen molar-refractivity contribution in [3.05, 3.63) is 30.3 Å². The molecule has 114 valence electrons. The Labute approximate surface area is 126 Å². The van der Waals surface area contributed by atoms with Gasteiger partial charge in [-0.3, -0.25) is 14.5 Å². The van der Waals surface area contributed by atoms with Crippen molar-refractivity contribution >= 4 is 17.5 Å². The van der Waals surface area contributed by atoms with E-state index in [-0.39, 0.29) is 17.7 Å². The zero-order valence-corrected chi connectivity index (χ0v) is 13.2. The molecule has 0 radical (unpaired) electrons. The minimum absolute atomic E-state index is 0.00278. The Morgan fingerprint density at radius 1 is 1.14 bits per heavy atom.